The number of nitrogens with one attached hydrogen (secondary N) is 1. The van der Waals surface area contributed by atoms with Crippen LogP contribution >= 0.6 is 0 Å². The number of aliphatic hydroxyl groups excluding tert-OH is 1. The molecule has 1 aliphatic carbocycles. The summed E-state index contributed by atoms with van der Waals surface area (Å²) in [5.74, 6) is -0.323. The van der Waals surface area contributed by atoms with E-state index in [9.17, 15) is 14.7 Å². The Labute approximate surface area is 173 Å². The van der Waals surface area contributed by atoms with Crippen LogP contribution in [0.1, 0.15) is 42.1 Å². The summed E-state index contributed by atoms with van der Waals surface area (Å²) < 4.78 is 1.66. The molecule has 9 nitrogen and oxygen atoms in total. The molecule has 3 aromatic rings. The minimum Gasteiger partial charge on any atom is -0.393 e. The van der Waals surface area contributed by atoms with Gasteiger partial charge in [0, 0.05) is 31.3 Å². The van der Waals surface area contributed by atoms with Crippen molar-refractivity contribution in [2.45, 2.75) is 37.8 Å². The summed E-state index contributed by atoms with van der Waals surface area (Å²) >= 11 is 0. The second kappa shape index (κ2) is 8.19. The SMILES string of the molecule is CN(C)/C=N/C(=O)c1ccc(-c2cnc3[nH]c(=O)n(C4CCC(O)CC4)c3n2)cc1. The summed E-state index contributed by atoms with van der Waals surface area (Å²) in [5.41, 5.74) is 2.60. The van der Waals surface area contributed by atoms with Gasteiger partial charge in [-0.15, -0.1) is 0 Å². The number of hydrogen-bond donors (Lipinski definition) is 2. The van der Waals surface area contributed by atoms with E-state index in [0.29, 0.717) is 35.4 Å². The van der Waals surface area contributed by atoms with E-state index in [1.165, 1.54) is 6.34 Å². The highest BCUT2D eigenvalue weighted by Gasteiger charge is 2.25. The van der Waals surface area contributed by atoms with E-state index in [0.717, 1.165) is 18.4 Å². The minimum atomic E-state index is -0.323. The van der Waals surface area contributed by atoms with Gasteiger partial charge in [0.2, 0.25) is 0 Å². The minimum absolute atomic E-state index is 0.00578. The van der Waals surface area contributed by atoms with Crippen LogP contribution < -0.4 is 5.69 Å². The van der Waals surface area contributed by atoms with Gasteiger partial charge in [-0.1, -0.05) is 12.1 Å². The maximum Gasteiger partial charge on any atom is 0.329 e. The molecule has 2 heterocycles. The fourth-order valence-electron chi connectivity index (χ4n) is 3.71. The highest BCUT2D eigenvalue weighted by molar-refractivity contribution is 5.98. The standard InChI is InChI=1S/C21H24N6O3/c1-26(2)12-23-20(29)14-5-3-13(4-6-14)17-11-22-18-19(24-17)27(21(30)25-18)15-7-9-16(28)10-8-15/h3-6,11-12,15-16,28H,7-10H2,1-2H3,(H,22,25,30)/b23-12+. The third kappa shape index (κ3) is 4.02. The largest absolute Gasteiger partial charge is 0.393 e. The quantitative estimate of drug-likeness (QED) is 0.504. The Balaban J connectivity index is 1.64. The van der Waals surface area contributed by atoms with Crippen molar-refractivity contribution in [1.29, 1.82) is 0 Å². The predicted octanol–water partition coefficient (Wildman–Crippen LogP) is 1.99. The molecule has 0 atom stereocenters. The van der Waals surface area contributed by atoms with Crippen molar-refractivity contribution in [1.82, 2.24) is 24.4 Å². The zero-order chi connectivity index (χ0) is 21.3. The Bertz CT molecular complexity index is 1140. The summed E-state index contributed by atoms with van der Waals surface area (Å²) in [6, 6.07) is 6.97. The summed E-state index contributed by atoms with van der Waals surface area (Å²) in [4.78, 5) is 42.0. The zero-order valence-corrected chi connectivity index (χ0v) is 16.9. The van der Waals surface area contributed by atoms with Crippen molar-refractivity contribution in [3.05, 3.63) is 46.5 Å². The molecule has 1 fully saturated rings. The average Bonchev–Trinajstić information content (AvgIpc) is 3.07. The number of aliphatic imine (C=N–C) groups is 1. The van der Waals surface area contributed by atoms with Gasteiger partial charge >= 0.3 is 5.69 Å². The molecule has 1 aliphatic rings. The van der Waals surface area contributed by atoms with Gasteiger partial charge in [-0.2, -0.15) is 4.99 Å². The van der Waals surface area contributed by atoms with E-state index in [4.69, 9.17) is 0 Å². The highest BCUT2D eigenvalue weighted by atomic mass is 16.3. The van der Waals surface area contributed by atoms with Gasteiger partial charge in [0.1, 0.15) is 0 Å². The summed E-state index contributed by atoms with van der Waals surface area (Å²) in [6.07, 6.45) is 5.56. The molecule has 2 aromatic heterocycles. The van der Waals surface area contributed by atoms with Gasteiger partial charge < -0.3 is 10.0 Å². The van der Waals surface area contributed by atoms with Gasteiger partial charge in [-0.25, -0.2) is 14.8 Å². The van der Waals surface area contributed by atoms with E-state index in [1.807, 2.05) is 0 Å². The number of carbonyl (C=O) groups is 1. The molecule has 0 unspecified atom stereocenters. The number of aliphatic hydroxyl groups is 1. The number of benzene rings is 1. The number of aromatic amines is 1. The van der Waals surface area contributed by atoms with E-state index in [1.54, 1.807) is 54.0 Å². The molecule has 0 radical (unpaired) electrons. The third-order valence-corrected chi connectivity index (χ3v) is 5.29. The number of imidazole rings is 1. The van der Waals surface area contributed by atoms with Gasteiger partial charge in [-0.05, 0) is 37.8 Å². The Morgan fingerprint density at radius 2 is 1.93 bits per heavy atom. The number of nitrogens with zero attached hydrogens (tertiary/aromatic N) is 5. The molecule has 0 spiro atoms. The van der Waals surface area contributed by atoms with Gasteiger partial charge in [0.15, 0.2) is 11.3 Å². The van der Waals surface area contributed by atoms with Crippen molar-refractivity contribution >= 4 is 23.5 Å². The maximum absolute atomic E-state index is 12.5. The molecule has 0 saturated heterocycles. The smallest absolute Gasteiger partial charge is 0.329 e. The first kappa shape index (κ1) is 20.0. The molecule has 2 N–H and O–H groups in total. The summed E-state index contributed by atoms with van der Waals surface area (Å²) in [7, 11) is 3.59. The Hall–Kier alpha value is -3.33. The summed E-state index contributed by atoms with van der Waals surface area (Å²) in [5, 5.41) is 9.76. The lowest BCUT2D eigenvalue weighted by atomic mass is 9.93. The van der Waals surface area contributed by atoms with Crippen LogP contribution in [-0.4, -0.2) is 62.0 Å². The Morgan fingerprint density at radius 1 is 1.23 bits per heavy atom. The van der Waals surface area contributed by atoms with Gasteiger partial charge in [0.25, 0.3) is 5.91 Å². The maximum atomic E-state index is 12.5. The Morgan fingerprint density at radius 3 is 2.60 bits per heavy atom. The molecule has 1 saturated carbocycles. The third-order valence-electron chi connectivity index (χ3n) is 5.29. The molecule has 0 aliphatic heterocycles. The van der Waals surface area contributed by atoms with E-state index in [2.05, 4.69) is 19.9 Å². The number of rotatable bonds is 4. The molecule has 9 heteroatoms. The molecule has 1 aromatic carbocycles. The van der Waals surface area contributed by atoms with Crippen LogP contribution in [0.4, 0.5) is 0 Å². The zero-order valence-electron chi connectivity index (χ0n) is 16.9. The lowest BCUT2D eigenvalue weighted by Crippen LogP contribution is -2.27. The van der Waals surface area contributed by atoms with Crippen LogP contribution in [0.5, 0.6) is 0 Å². The molecule has 0 bridgehead atoms. The monoisotopic (exact) mass is 408 g/mol. The lowest BCUT2D eigenvalue weighted by Gasteiger charge is -2.25. The van der Waals surface area contributed by atoms with E-state index < -0.39 is 0 Å². The topological polar surface area (TPSA) is 116 Å². The van der Waals surface area contributed by atoms with Crippen LogP contribution in [-0.2, 0) is 0 Å². The van der Waals surface area contributed by atoms with Crippen LogP contribution in [0, 0.1) is 0 Å². The number of amides is 1. The Kier molecular flexibility index (Phi) is 5.45. The normalized spacial score (nSPS) is 19.4. The fourth-order valence-corrected chi connectivity index (χ4v) is 3.71. The van der Waals surface area contributed by atoms with E-state index >= 15 is 0 Å². The van der Waals surface area contributed by atoms with Crippen molar-refractivity contribution in [3.63, 3.8) is 0 Å². The van der Waals surface area contributed by atoms with Crippen LogP contribution in [0.25, 0.3) is 22.6 Å². The molecular weight excluding hydrogens is 384 g/mol. The van der Waals surface area contributed by atoms with Crippen LogP contribution in [0.2, 0.25) is 0 Å². The number of aromatic nitrogens is 4. The predicted molar refractivity (Wildman–Crippen MR) is 114 cm³/mol. The fraction of sp³-hybridized carbons (Fsp3) is 0.381. The van der Waals surface area contributed by atoms with Crippen LogP contribution in [0.3, 0.4) is 0 Å². The number of fused-ring (bicyclic) bond motifs is 1. The van der Waals surface area contributed by atoms with E-state index in [-0.39, 0.29) is 23.7 Å². The van der Waals surface area contributed by atoms with Gasteiger partial charge in [0.05, 0.1) is 24.3 Å². The molecule has 1 amide bonds. The molecule has 30 heavy (non-hydrogen) atoms. The second-order valence-corrected chi connectivity index (χ2v) is 7.78. The molecular formula is C21H24N6O3. The van der Waals surface area contributed by atoms with Crippen molar-refractivity contribution in [3.8, 4) is 11.3 Å². The first-order chi connectivity index (χ1) is 14.4. The lowest BCUT2D eigenvalue weighted by molar-refractivity contribution is 0.100. The van der Waals surface area contributed by atoms with Crippen molar-refractivity contribution in [2.75, 3.05) is 14.1 Å². The second-order valence-electron chi connectivity index (χ2n) is 7.78. The molecule has 4 rings (SSSR count). The number of H-pyrrole nitrogens is 1. The van der Waals surface area contributed by atoms with Crippen molar-refractivity contribution < 1.29 is 9.90 Å². The van der Waals surface area contributed by atoms with Gasteiger partial charge in [-0.3, -0.25) is 14.3 Å². The first-order valence-corrected chi connectivity index (χ1v) is 9.93. The first-order valence-electron chi connectivity index (χ1n) is 9.93. The average molecular weight is 408 g/mol. The number of carbonyl (C=O) groups excluding carboxylic acids is 1. The van der Waals surface area contributed by atoms with Crippen molar-refractivity contribution in [2.24, 2.45) is 4.99 Å². The summed E-state index contributed by atoms with van der Waals surface area (Å²) in [6.45, 7) is 0. The number of hydrogen-bond acceptors (Lipinski definition) is 5. The highest BCUT2D eigenvalue weighted by Crippen LogP contribution is 2.29. The molecule has 156 valence electrons. The van der Waals surface area contributed by atoms with Crippen LogP contribution in [0.15, 0.2) is 40.2 Å².